The highest BCUT2D eigenvalue weighted by Crippen LogP contribution is 2.33. The summed E-state index contributed by atoms with van der Waals surface area (Å²) in [6.07, 6.45) is 3.08. The van der Waals surface area contributed by atoms with Gasteiger partial charge in [-0.05, 0) is 55.8 Å². The third kappa shape index (κ3) is 5.11. The first-order chi connectivity index (χ1) is 12.0. The molecule has 1 aromatic carbocycles. The Morgan fingerprint density at radius 3 is 2.68 bits per heavy atom. The number of benzene rings is 1. The van der Waals surface area contributed by atoms with Gasteiger partial charge >= 0.3 is 0 Å². The minimum Gasteiger partial charge on any atom is -0.493 e. The molecule has 0 aliphatic heterocycles. The molecular formula is C20H32N2O3. The molecule has 140 valence electrons. The molecule has 1 unspecified atom stereocenters. The van der Waals surface area contributed by atoms with E-state index in [2.05, 4.69) is 19.2 Å². The van der Waals surface area contributed by atoms with Crippen molar-refractivity contribution >= 4 is 5.91 Å². The predicted octanol–water partition coefficient (Wildman–Crippen LogP) is 3.28. The quantitative estimate of drug-likeness (QED) is 0.756. The number of rotatable bonds is 8. The Balaban J connectivity index is 2.03. The van der Waals surface area contributed by atoms with Crippen molar-refractivity contribution in [3.05, 3.63) is 23.8 Å². The van der Waals surface area contributed by atoms with Crippen molar-refractivity contribution in [2.75, 3.05) is 20.3 Å². The number of amides is 1. The number of carbonyl (C=O) groups excluding carboxylic acids is 1. The van der Waals surface area contributed by atoms with Crippen LogP contribution >= 0.6 is 0 Å². The Labute approximate surface area is 151 Å². The molecule has 1 amide bonds. The standard InChI is InChI=1S/C20H32N2O3/c1-13(2)12-25-18-9-8-15(10-19(18)24-4)14(3)22-20(23)17-7-5-6-16(17)11-21/h8-10,13-14,16-17H,5-7,11-12,21H2,1-4H3,(H,22,23)/t14?,16-,17-/m1/s1. The van der Waals surface area contributed by atoms with Crippen LogP contribution in [-0.2, 0) is 4.79 Å². The molecule has 0 radical (unpaired) electrons. The van der Waals surface area contributed by atoms with Crippen LogP contribution in [0.3, 0.4) is 0 Å². The van der Waals surface area contributed by atoms with Gasteiger partial charge in [0.05, 0.1) is 19.8 Å². The summed E-state index contributed by atoms with van der Waals surface area (Å²) in [4.78, 5) is 12.6. The van der Waals surface area contributed by atoms with Gasteiger partial charge in [-0.15, -0.1) is 0 Å². The van der Waals surface area contributed by atoms with Gasteiger partial charge in [-0.25, -0.2) is 0 Å². The molecule has 0 saturated heterocycles. The van der Waals surface area contributed by atoms with Crippen LogP contribution in [0, 0.1) is 17.8 Å². The minimum absolute atomic E-state index is 0.0444. The number of methoxy groups -OCH3 is 1. The lowest BCUT2D eigenvalue weighted by Crippen LogP contribution is -2.36. The first kappa shape index (κ1) is 19.6. The van der Waals surface area contributed by atoms with Gasteiger partial charge in [-0.1, -0.05) is 26.3 Å². The van der Waals surface area contributed by atoms with E-state index in [1.165, 1.54) is 0 Å². The van der Waals surface area contributed by atoms with Crippen LogP contribution in [0.4, 0.5) is 0 Å². The lowest BCUT2D eigenvalue weighted by molar-refractivity contribution is -0.126. The van der Waals surface area contributed by atoms with Gasteiger partial charge in [0.1, 0.15) is 0 Å². The van der Waals surface area contributed by atoms with Gasteiger partial charge < -0.3 is 20.5 Å². The normalized spacial score (nSPS) is 21.2. The lowest BCUT2D eigenvalue weighted by Gasteiger charge is -2.22. The predicted molar refractivity (Wildman–Crippen MR) is 99.8 cm³/mol. The van der Waals surface area contributed by atoms with Crippen LogP contribution in [0.5, 0.6) is 11.5 Å². The molecule has 25 heavy (non-hydrogen) atoms. The second-order valence-electron chi connectivity index (χ2n) is 7.38. The fourth-order valence-electron chi connectivity index (χ4n) is 3.40. The largest absolute Gasteiger partial charge is 0.493 e. The van der Waals surface area contributed by atoms with Crippen LogP contribution in [0.25, 0.3) is 0 Å². The summed E-state index contributed by atoms with van der Waals surface area (Å²) in [6.45, 7) is 7.44. The summed E-state index contributed by atoms with van der Waals surface area (Å²) in [5.74, 6) is 2.35. The topological polar surface area (TPSA) is 73.6 Å². The molecule has 0 spiro atoms. The summed E-state index contributed by atoms with van der Waals surface area (Å²) in [6, 6.07) is 5.75. The molecule has 5 heteroatoms. The van der Waals surface area contributed by atoms with Gasteiger partial charge in [0.25, 0.3) is 0 Å². The zero-order valence-corrected chi connectivity index (χ0v) is 15.9. The Kier molecular flexibility index (Phi) is 7.12. The van der Waals surface area contributed by atoms with Gasteiger partial charge in [0, 0.05) is 5.92 Å². The molecular weight excluding hydrogens is 316 g/mol. The summed E-state index contributed by atoms with van der Waals surface area (Å²) in [5.41, 5.74) is 6.80. The summed E-state index contributed by atoms with van der Waals surface area (Å²) in [5, 5.41) is 3.13. The summed E-state index contributed by atoms with van der Waals surface area (Å²) < 4.78 is 11.2. The fourth-order valence-corrected chi connectivity index (χ4v) is 3.40. The number of hydrogen-bond acceptors (Lipinski definition) is 4. The van der Waals surface area contributed by atoms with Crippen LogP contribution in [0.15, 0.2) is 18.2 Å². The van der Waals surface area contributed by atoms with Crippen LogP contribution in [0.2, 0.25) is 0 Å². The van der Waals surface area contributed by atoms with E-state index in [-0.39, 0.29) is 17.9 Å². The average molecular weight is 348 g/mol. The molecule has 1 saturated carbocycles. The number of hydrogen-bond donors (Lipinski definition) is 2. The average Bonchev–Trinajstić information content (AvgIpc) is 3.08. The Morgan fingerprint density at radius 1 is 1.28 bits per heavy atom. The van der Waals surface area contributed by atoms with Gasteiger partial charge in [-0.3, -0.25) is 4.79 Å². The van der Waals surface area contributed by atoms with E-state index in [0.29, 0.717) is 30.7 Å². The number of nitrogens with one attached hydrogen (secondary N) is 1. The highest BCUT2D eigenvalue weighted by Gasteiger charge is 2.32. The molecule has 3 atom stereocenters. The lowest BCUT2D eigenvalue weighted by atomic mass is 9.94. The Hall–Kier alpha value is -1.75. The smallest absolute Gasteiger partial charge is 0.223 e. The monoisotopic (exact) mass is 348 g/mol. The van der Waals surface area contributed by atoms with Gasteiger partial charge in [-0.2, -0.15) is 0 Å². The molecule has 5 nitrogen and oxygen atoms in total. The molecule has 1 aliphatic carbocycles. The van der Waals surface area contributed by atoms with Gasteiger partial charge in [0.15, 0.2) is 11.5 Å². The van der Waals surface area contributed by atoms with E-state index in [0.717, 1.165) is 30.6 Å². The second-order valence-corrected chi connectivity index (χ2v) is 7.38. The molecule has 1 aliphatic rings. The summed E-state index contributed by atoms with van der Waals surface area (Å²) >= 11 is 0. The minimum atomic E-state index is -0.0837. The number of ether oxygens (including phenoxy) is 2. The SMILES string of the molecule is COc1cc(C(C)NC(=O)[C@@H]2CCC[C@@H]2CN)ccc1OCC(C)C. The third-order valence-corrected chi connectivity index (χ3v) is 4.92. The Morgan fingerprint density at radius 2 is 2.04 bits per heavy atom. The van der Waals surface area contributed by atoms with E-state index < -0.39 is 0 Å². The molecule has 0 bridgehead atoms. The third-order valence-electron chi connectivity index (χ3n) is 4.92. The molecule has 0 aromatic heterocycles. The highest BCUT2D eigenvalue weighted by atomic mass is 16.5. The number of nitrogens with two attached hydrogens (primary N) is 1. The van der Waals surface area contributed by atoms with E-state index in [4.69, 9.17) is 15.2 Å². The van der Waals surface area contributed by atoms with Crippen LogP contribution < -0.4 is 20.5 Å². The molecule has 3 N–H and O–H groups in total. The van der Waals surface area contributed by atoms with Crippen molar-refractivity contribution in [1.29, 1.82) is 0 Å². The first-order valence-electron chi connectivity index (χ1n) is 9.27. The molecule has 0 heterocycles. The van der Waals surface area contributed by atoms with Crippen molar-refractivity contribution in [1.82, 2.24) is 5.32 Å². The highest BCUT2D eigenvalue weighted by molar-refractivity contribution is 5.79. The molecule has 1 fully saturated rings. The van der Waals surface area contributed by atoms with E-state index >= 15 is 0 Å². The maximum atomic E-state index is 12.6. The first-order valence-corrected chi connectivity index (χ1v) is 9.27. The van der Waals surface area contributed by atoms with Crippen LogP contribution in [-0.4, -0.2) is 26.2 Å². The Bertz CT molecular complexity index is 574. The zero-order chi connectivity index (χ0) is 18.4. The molecule has 2 rings (SSSR count). The van der Waals surface area contributed by atoms with Crippen molar-refractivity contribution in [2.24, 2.45) is 23.5 Å². The van der Waals surface area contributed by atoms with Crippen LogP contribution in [0.1, 0.15) is 51.6 Å². The van der Waals surface area contributed by atoms with E-state index in [1.54, 1.807) is 7.11 Å². The number of carbonyl (C=O) groups is 1. The van der Waals surface area contributed by atoms with Crippen molar-refractivity contribution < 1.29 is 14.3 Å². The molecule has 1 aromatic rings. The maximum absolute atomic E-state index is 12.6. The van der Waals surface area contributed by atoms with E-state index in [1.807, 2.05) is 25.1 Å². The fraction of sp³-hybridized carbons (Fsp3) is 0.650. The van der Waals surface area contributed by atoms with Crippen molar-refractivity contribution in [2.45, 2.75) is 46.1 Å². The van der Waals surface area contributed by atoms with E-state index in [9.17, 15) is 4.79 Å². The van der Waals surface area contributed by atoms with Crippen molar-refractivity contribution in [3.8, 4) is 11.5 Å². The van der Waals surface area contributed by atoms with Crippen molar-refractivity contribution in [3.63, 3.8) is 0 Å². The zero-order valence-electron chi connectivity index (χ0n) is 15.9. The summed E-state index contributed by atoms with van der Waals surface area (Å²) in [7, 11) is 1.63. The second kappa shape index (κ2) is 9.09. The van der Waals surface area contributed by atoms with Gasteiger partial charge in [0.2, 0.25) is 5.91 Å². The maximum Gasteiger partial charge on any atom is 0.223 e.